The van der Waals surface area contributed by atoms with Gasteiger partial charge in [0.05, 0.1) is 13.2 Å². The van der Waals surface area contributed by atoms with Crippen molar-refractivity contribution in [1.82, 2.24) is 0 Å². The van der Waals surface area contributed by atoms with Gasteiger partial charge in [0.2, 0.25) is 0 Å². The minimum atomic E-state index is -0.869. The summed E-state index contributed by atoms with van der Waals surface area (Å²) >= 11 is 0. The monoisotopic (exact) mass is 447 g/mol. The van der Waals surface area contributed by atoms with Gasteiger partial charge in [-0.2, -0.15) is 5.26 Å². The molecule has 5 heteroatoms. The van der Waals surface area contributed by atoms with Crippen LogP contribution in [0.3, 0.4) is 0 Å². The standard InChI is InChI=1S/C27H39F2NO2/c1-2-3-4-5-6-7-8-9-10-20-11-13-21(14-12-20)23-18-31-27(32-19-23)22-15-25(28)24(17-30)26(29)16-22/h15-16,20-21,23,27H,2-14,18-19H2,1H3/t20-,21-,23-,27-. The molecule has 0 amide bonds. The maximum atomic E-state index is 13.9. The molecule has 0 N–H and O–H groups in total. The lowest BCUT2D eigenvalue weighted by Gasteiger charge is -2.38. The van der Waals surface area contributed by atoms with Crippen molar-refractivity contribution >= 4 is 0 Å². The molecule has 1 aliphatic heterocycles. The number of hydrogen-bond donors (Lipinski definition) is 0. The third kappa shape index (κ3) is 7.25. The van der Waals surface area contributed by atoms with E-state index in [0.29, 0.717) is 30.6 Å². The number of hydrogen-bond acceptors (Lipinski definition) is 3. The van der Waals surface area contributed by atoms with Gasteiger partial charge in [-0.25, -0.2) is 8.78 Å². The molecule has 1 aliphatic carbocycles. The van der Waals surface area contributed by atoms with Gasteiger partial charge in [-0.3, -0.25) is 0 Å². The van der Waals surface area contributed by atoms with E-state index in [1.54, 1.807) is 6.07 Å². The molecule has 0 bridgehead atoms. The van der Waals surface area contributed by atoms with Gasteiger partial charge >= 0.3 is 0 Å². The van der Waals surface area contributed by atoms with Gasteiger partial charge in [0.1, 0.15) is 23.3 Å². The average molecular weight is 448 g/mol. The van der Waals surface area contributed by atoms with Crippen molar-refractivity contribution in [2.24, 2.45) is 17.8 Å². The average Bonchev–Trinajstić information content (AvgIpc) is 2.81. The number of halogens is 2. The molecule has 2 fully saturated rings. The molecule has 1 aromatic carbocycles. The maximum absolute atomic E-state index is 13.9. The Labute approximate surface area is 192 Å². The van der Waals surface area contributed by atoms with Crippen LogP contribution in [0.15, 0.2) is 12.1 Å². The van der Waals surface area contributed by atoms with Crippen molar-refractivity contribution in [2.45, 2.75) is 96.7 Å². The quantitative estimate of drug-likeness (QED) is 0.325. The molecule has 0 radical (unpaired) electrons. The second-order valence-corrected chi connectivity index (χ2v) is 9.77. The molecule has 2 aliphatic rings. The number of nitriles is 1. The normalized spacial score (nSPS) is 26.1. The molecule has 3 rings (SSSR count). The topological polar surface area (TPSA) is 42.2 Å². The van der Waals surface area contributed by atoms with Crippen LogP contribution in [-0.4, -0.2) is 13.2 Å². The Morgan fingerprint density at radius 3 is 1.97 bits per heavy atom. The second-order valence-electron chi connectivity index (χ2n) is 9.77. The van der Waals surface area contributed by atoms with Gasteiger partial charge in [0.15, 0.2) is 6.29 Å². The molecular formula is C27H39F2NO2. The van der Waals surface area contributed by atoms with Crippen LogP contribution in [0, 0.1) is 40.7 Å². The lowest BCUT2D eigenvalue weighted by atomic mass is 9.74. The molecule has 0 atom stereocenters. The molecular weight excluding hydrogens is 408 g/mol. The number of nitrogens with zero attached hydrogens (tertiary/aromatic N) is 1. The van der Waals surface area contributed by atoms with Crippen LogP contribution in [0.1, 0.15) is 108 Å². The van der Waals surface area contributed by atoms with Crippen molar-refractivity contribution in [1.29, 1.82) is 5.26 Å². The predicted octanol–water partition coefficient (Wildman–Crippen LogP) is 7.84. The molecule has 1 aromatic rings. The number of benzene rings is 1. The van der Waals surface area contributed by atoms with Gasteiger partial charge < -0.3 is 9.47 Å². The lowest BCUT2D eigenvalue weighted by molar-refractivity contribution is -0.215. The van der Waals surface area contributed by atoms with Crippen molar-refractivity contribution in [3.63, 3.8) is 0 Å². The van der Waals surface area contributed by atoms with Crippen molar-refractivity contribution < 1.29 is 18.3 Å². The fourth-order valence-corrected chi connectivity index (χ4v) is 5.33. The Bertz CT molecular complexity index is 709. The van der Waals surface area contributed by atoms with Crippen LogP contribution in [0.4, 0.5) is 8.78 Å². The zero-order chi connectivity index (χ0) is 22.8. The summed E-state index contributed by atoms with van der Waals surface area (Å²) in [5.74, 6) is 0.0935. The van der Waals surface area contributed by atoms with Crippen LogP contribution in [0.5, 0.6) is 0 Å². The summed E-state index contributed by atoms with van der Waals surface area (Å²) in [5.41, 5.74) is -0.266. The van der Waals surface area contributed by atoms with Gasteiger partial charge in [-0.1, -0.05) is 77.6 Å². The first-order valence-corrected chi connectivity index (χ1v) is 12.7. The van der Waals surface area contributed by atoms with E-state index in [4.69, 9.17) is 14.7 Å². The summed E-state index contributed by atoms with van der Waals surface area (Å²) < 4.78 is 39.4. The number of rotatable bonds is 11. The molecule has 178 valence electrons. The van der Waals surface area contributed by atoms with E-state index in [1.807, 2.05) is 0 Å². The van der Waals surface area contributed by atoms with Crippen molar-refractivity contribution in [3.8, 4) is 6.07 Å². The molecule has 0 unspecified atom stereocenters. The van der Waals surface area contributed by atoms with E-state index in [2.05, 4.69) is 6.92 Å². The lowest BCUT2D eigenvalue weighted by Crippen LogP contribution is -2.34. The summed E-state index contributed by atoms with van der Waals surface area (Å²) in [7, 11) is 0. The Hall–Kier alpha value is -1.51. The van der Waals surface area contributed by atoms with Gasteiger partial charge in [0, 0.05) is 11.5 Å². The Morgan fingerprint density at radius 1 is 0.844 bits per heavy atom. The van der Waals surface area contributed by atoms with E-state index < -0.39 is 23.5 Å². The summed E-state index contributed by atoms with van der Waals surface area (Å²) in [6.45, 7) is 3.38. The summed E-state index contributed by atoms with van der Waals surface area (Å²) in [6.07, 6.45) is 16.7. The largest absolute Gasteiger partial charge is 0.348 e. The van der Waals surface area contributed by atoms with Gasteiger partial charge in [-0.05, 0) is 36.8 Å². The molecule has 1 saturated carbocycles. The number of unbranched alkanes of at least 4 members (excludes halogenated alkanes) is 7. The molecule has 32 heavy (non-hydrogen) atoms. The minimum Gasteiger partial charge on any atom is -0.348 e. The predicted molar refractivity (Wildman–Crippen MR) is 122 cm³/mol. The van der Waals surface area contributed by atoms with Crippen LogP contribution >= 0.6 is 0 Å². The van der Waals surface area contributed by atoms with E-state index in [0.717, 1.165) is 18.1 Å². The Kier molecular flexibility index (Phi) is 10.4. The fourth-order valence-electron chi connectivity index (χ4n) is 5.33. The van der Waals surface area contributed by atoms with Crippen LogP contribution < -0.4 is 0 Å². The SMILES string of the molecule is CCCCCCCCCC[C@H]1CC[C@H]([C@H]2CO[C@H](c3cc(F)c(C#N)c(F)c3)OC2)CC1. The first kappa shape index (κ1) is 25.1. The highest BCUT2D eigenvalue weighted by molar-refractivity contribution is 5.35. The van der Waals surface area contributed by atoms with Crippen molar-refractivity contribution in [3.05, 3.63) is 34.9 Å². The summed E-state index contributed by atoms with van der Waals surface area (Å²) in [5, 5.41) is 8.81. The highest BCUT2D eigenvalue weighted by atomic mass is 19.1. The molecule has 0 spiro atoms. The third-order valence-electron chi connectivity index (χ3n) is 7.40. The molecule has 0 aromatic heterocycles. The van der Waals surface area contributed by atoms with Gasteiger partial charge in [-0.15, -0.1) is 0 Å². The smallest absolute Gasteiger partial charge is 0.184 e. The van der Waals surface area contributed by atoms with E-state index >= 15 is 0 Å². The molecule has 1 heterocycles. The Morgan fingerprint density at radius 2 is 1.41 bits per heavy atom. The number of ether oxygens (including phenoxy) is 2. The first-order valence-electron chi connectivity index (χ1n) is 12.7. The zero-order valence-corrected chi connectivity index (χ0v) is 19.6. The fraction of sp³-hybridized carbons (Fsp3) is 0.741. The second kappa shape index (κ2) is 13.3. The van der Waals surface area contributed by atoms with Crippen LogP contribution in [-0.2, 0) is 9.47 Å². The van der Waals surface area contributed by atoms with E-state index in [-0.39, 0.29) is 0 Å². The van der Waals surface area contributed by atoms with Crippen LogP contribution in [0.2, 0.25) is 0 Å². The first-order chi connectivity index (χ1) is 15.6. The summed E-state index contributed by atoms with van der Waals surface area (Å²) in [6, 6.07) is 3.83. The highest BCUT2D eigenvalue weighted by Crippen LogP contribution is 2.39. The van der Waals surface area contributed by atoms with E-state index in [1.165, 1.54) is 83.5 Å². The van der Waals surface area contributed by atoms with E-state index in [9.17, 15) is 8.78 Å². The molecule has 3 nitrogen and oxygen atoms in total. The summed E-state index contributed by atoms with van der Waals surface area (Å²) in [4.78, 5) is 0. The highest BCUT2D eigenvalue weighted by Gasteiger charge is 2.32. The Balaban J connectivity index is 1.32. The zero-order valence-electron chi connectivity index (χ0n) is 19.6. The maximum Gasteiger partial charge on any atom is 0.184 e. The third-order valence-corrected chi connectivity index (χ3v) is 7.40. The van der Waals surface area contributed by atoms with Gasteiger partial charge in [0.25, 0.3) is 0 Å². The molecule has 1 saturated heterocycles. The van der Waals surface area contributed by atoms with Crippen LogP contribution in [0.25, 0.3) is 0 Å². The minimum absolute atomic E-state index is 0.298. The van der Waals surface area contributed by atoms with Crippen molar-refractivity contribution in [2.75, 3.05) is 13.2 Å².